The van der Waals surface area contributed by atoms with Crippen LogP contribution in [0.5, 0.6) is 0 Å². The first-order valence-electron chi connectivity index (χ1n) is 30.2. The van der Waals surface area contributed by atoms with Gasteiger partial charge in [-0.05, 0) is 57.8 Å². The van der Waals surface area contributed by atoms with Crippen LogP contribution in [-0.4, -0.2) is 66.5 Å². The number of phosphoric acid groups is 1. The number of unbranched alkanes of at least 4 members (excludes halogenated alkanes) is 29. The van der Waals surface area contributed by atoms with Crippen molar-refractivity contribution >= 4 is 25.7 Å². The summed E-state index contributed by atoms with van der Waals surface area (Å²) in [6.07, 6.45) is 61.9. The third-order valence-electron chi connectivity index (χ3n) is 13.0. The molecule has 0 rings (SSSR count). The van der Waals surface area contributed by atoms with Gasteiger partial charge in [-0.2, -0.15) is 0 Å². The van der Waals surface area contributed by atoms with Crippen LogP contribution in [-0.2, 0) is 42.2 Å². The number of hydrogen-bond acceptors (Lipinski definition) is 10. The molecule has 0 saturated carbocycles. The van der Waals surface area contributed by atoms with Crippen LogP contribution in [0, 0.1) is 0 Å². The fourth-order valence-corrected chi connectivity index (χ4v) is 9.18. The lowest BCUT2D eigenvalue weighted by Crippen LogP contribution is -2.30. The van der Waals surface area contributed by atoms with Gasteiger partial charge in [-0.1, -0.05) is 261 Å². The third-order valence-corrected chi connectivity index (χ3v) is 13.9. The van der Waals surface area contributed by atoms with E-state index in [2.05, 4.69) is 75.5 Å². The minimum atomic E-state index is -4.76. The first-order valence-corrected chi connectivity index (χ1v) is 31.7. The van der Waals surface area contributed by atoms with Gasteiger partial charge in [0.05, 0.1) is 19.8 Å². The third kappa shape index (κ3) is 54.0. The molecule has 0 aliphatic carbocycles. The van der Waals surface area contributed by atoms with Gasteiger partial charge >= 0.3 is 25.7 Å². The predicted molar refractivity (Wildman–Crippen MR) is 307 cm³/mol. The Hall–Kier alpha value is -2.82. The molecule has 0 radical (unpaired) electrons. The molecule has 3 unspecified atom stereocenters. The highest BCUT2D eigenvalue weighted by Gasteiger charge is 2.28. The van der Waals surface area contributed by atoms with Crippen molar-refractivity contribution in [3.05, 3.63) is 60.8 Å². The zero-order valence-electron chi connectivity index (χ0n) is 47.6. The molecule has 0 aromatic heterocycles. The standard InChI is InChI=1S/C62H111O11P/c1-4-7-10-13-16-19-22-24-26-28-29-31-33-35-38-41-44-47-50-53-62(66)73-59(55-69-60(64)51-48-45-42-39-37-34-32-30-27-25-23-20-17-14-11-8-5-2)57-71-74(67,68)70-56-58(54-63)72-61(65)52-49-46-43-40-36-21-18-15-12-9-6-3/h8,11,17,20,25,27,32,34,39,42,58-59,63H,4-7,9-10,12-16,18-19,21-24,26,28-31,33,35-38,40-41,43-57H2,1-3H3,(H,67,68)/b11-8-,20-17-,27-25-,34-32-,42-39-. The molecule has 0 spiro atoms. The zero-order valence-corrected chi connectivity index (χ0v) is 48.5. The van der Waals surface area contributed by atoms with Crippen LogP contribution < -0.4 is 0 Å². The Bertz CT molecular complexity index is 1470. The first kappa shape index (κ1) is 71.2. The van der Waals surface area contributed by atoms with Crippen molar-refractivity contribution < 1.29 is 52.2 Å². The van der Waals surface area contributed by atoms with Gasteiger partial charge in [0.25, 0.3) is 0 Å². The summed E-state index contributed by atoms with van der Waals surface area (Å²) in [4.78, 5) is 48.5. The number of ether oxygens (including phenoxy) is 3. The Kier molecular flexibility index (Phi) is 54.2. The van der Waals surface area contributed by atoms with E-state index in [1.807, 2.05) is 6.08 Å². The van der Waals surface area contributed by atoms with Gasteiger partial charge in [-0.25, -0.2) is 4.57 Å². The zero-order chi connectivity index (χ0) is 54.1. The van der Waals surface area contributed by atoms with Crippen LogP contribution >= 0.6 is 7.82 Å². The summed E-state index contributed by atoms with van der Waals surface area (Å²) in [7, 11) is -4.76. The number of rotatable bonds is 56. The van der Waals surface area contributed by atoms with Gasteiger partial charge < -0.3 is 24.2 Å². The fraction of sp³-hybridized carbons (Fsp3) is 0.790. The van der Waals surface area contributed by atoms with Crippen molar-refractivity contribution in [1.82, 2.24) is 0 Å². The molecule has 0 aromatic rings. The molecule has 0 fully saturated rings. The number of hydrogen-bond donors (Lipinski definition) is 2. The molecule has 0 aliphatic heterocycles. The predicted octanol–water partition coefficient (Wildman–Crippen LogP) is 17.9. The molecule has 3 atom stereocenters. The van der Waals surface area contributed by atoms with E-state index in [0.29, 0.717) is 25.7 Å². The molecule has 430 valence electrons. The summed E-state index contributed by atoms with van der Waals surface area (Å²) in [5.41, 5.74) is 0. The van der Waals surface area contributed by atoms with Crippen molar-refractivity contribution in [2.75, 3.05) is 26.4 Å². The molecule has 0 amide bonds. The van der Waals surface area contributed by atoms with Crippen molar-refractivity contribution in [3.8, 4) is 0 Å². The fourth-order valence-electron chi connectivity index (χ4n) is 8.39. The summed E-state index contributed by atoms with van der Waals surface area (Å²) >= 11 is 0. The Labute approximate surface area is 453 Å². The second kappa shape index (κ2) is 56.4. The summed E-state index contributed by atoms with van der Waals surface area (Å²) in [6, 6.07) is 0. The lowest BCUT2D eigenvalue weighted by molar-refractivity contribution is -0.161. The molecule has 0 aromatic carbocycles. The van der Waals surface area contributed by atoms with E-state index >= 15 is 0 Å². The van der Waals surface area contributed by atoms with Crippen LogP contribution in [0.2, 0.25) is 0 Å². The van der Waals surface area contributed by atoms with Crippen LogP contribution in [0.15, 0.2) is 60.8 Å². The average molecular weight is 1060 g/mol. The van der Waals surface area contributed by atoms with Gasteiger partial charge in [0.1, 0.15) is 12.7 Å². The normalized spacial score (nSPS) is 13.7. The quantitative estimate of drug-likeness (QED) is 0.0197. The average Bonchev–Trinajstić information content (AvgIpc) is 3.39. The summed E-state index contributed by atoms with van der Waals surface area (Å²) in [5.74, 6) is -1.52. The largest absolute Gasteiger partial charge is 0.472 e. The molecular formula is C62H111O11P. The van der Waals surface area contributed by atoms with Gasteiger partial charge in [-0.15, -0.1) is 0 Å². The van der Waals surface area contributed by atoms with Gasteiger partial charge in [0.2, 0.25) is 0 Å². The highest BCUT2D eigenvalue weighted by atomic mass is 31.2. The Morgan fingerprint density at radius 1 is 0.392 bits per heavy atom. The number of aliphatic hydroxyl groups is 1. The molecule has 74 heavy (non-hydrogen) atoms. The Morgan fingerprint density at radius 3 is 1.07 bits per heavy atom. The highest BCUT2D eigenvalue weighted by molar-refractivity contribution is 7.47. The number of carbonyl (C=O) groups excluding carboxylic acids is 3. The van der Waals surface area contributed by atoms with Crippen LogP contribution in [0.1, 0.15) is 278 Å². The topological polar surface area (TPSA) is 155 Å². The molecule has 11 nitrogen and oxygen atoms in total. The highest BCUT2D eigenvalue weighted by Crippen LogP contribution is 2.43. The molecule has 0 aliphatic rings. The van der Waals surface area contributed by atoms with E-state index in [9.17, 15) is 28.9 Å². The molecule has 12 heteroatoms. The number of esters is 3. The Balaban J connectivity index is 4.76. The van der Waals surface area contributed by atoms with E-state index < -0.39 is 57.8 Å². The van der Waals surface area contributed by atoms with Crippen LogP contribution in [0.3, 0.4) is 0 Å². The van der Waals surface area contributed by atoms with Gasteiger partial charge in [0.15, 0.2) is 6.10 Å². The number of phosphoric ester groups is 1. The van der Waals surface area contributed by atoms with E-state index in [0.717, 1.165) is 70.6 Å². The van der Waals surface area contributed by atoms with E-state index in [1.165, 1.54) is 141 Å². The van der Waals surface area contributed by atoms with Gasteiger partial charge in [0, 0.05) is 19.3 Å². The monoisotopic (exact) mass is 1060 g/mol. The van der Waals surface area contributed by atoms with Crippen LogP contribution in [0.25, 0.3) is 0 Å². The Morgan fingerprint density at radius 2 is 0.703 bits per heavy atom. The lowest BCUT2D eigenvalue weighted by Gasteiger charge is -2.21. The minimum Gasteiger partial charge on any atom is -0.462 e. The molecule has 0 saturated heterocycles. The van der Waals surface area contributed by atoms with Crippen molar-refractivity contribution in [2.45, 2.75) is 290 Å². The van der Waals surface area contributed by atoms with E-state index in [4.69, 9.17) is 23.3 Å². The smallest absolute Gasteiger partial charge is 0.462 e. The number of carbonyl (C=O) groups is 3. The second-order valence-corrected chi connectivity index (χ2v) is 21.6. The van der Waals surface area contributed by atoms with Crippen molar-refractivity contribution in [3.63, 3.8) is 0 Å². The lowest BCUT2D eigenvalue weighted by atomic mass is 10.0. The number of aliphatic hydroxyl groups excluding tert-OH is 1. The molecule has 0 bridgehead atoms. The van der Waals surface area contributed by atoms with Crippen molar-refractivity contribution in [1.29, 1.82) is 0 Å². The summed E-state index contributed by atoms with van der Waals surface area (Å²) in [6.45, 7) is 4.50. The van der Waals surface area contributed by atoms with Gasteiger partial charge in [-0.3, -0.25) is 23.4 Å². The SMILES string of the molecule is CC/C=C\C/C=C\C/C=C\C/C=C\C/C=C\CCCC(=O)OCC(COP(=O)(O)OCC(CO)OC(=O)CCCCCCCCCCCCC)OC(=O)CCCCCCCCCCCCCCCCCCCCC. The maximum atomic E-state index is 12.9. The molecule has 0 heterocycles. The maximum absolute atomic E-state index is 12.9. The minimum absolute atomic E-state index is 0.150. The van der Waals surface area contributed by atoms with Crippen molar-refractivity contribution in [2.24, 2.45) is 0 Å². The second-order valence-electron chi connectivity index (χ2n) is 20.1. The first-order chi connectivity index (χ1) is 36.2. The van der Waals surface area contributed by atoms with E-state index in [-0.39, 0.29) is 25.9 Å². The molecular weight excluding hydrogens is 952 g/mol. The summed E-state index contributed by atoms with van der Waals surface area (Å²) in [5, 5.41) is 9.80. The van der Waals surface area contributed by atoms with E-state index in [1.54, 1.807) is 0 Å². The summed E-state index contributed by atoms with van der Waals surface area (Å²) < 4.78 is 39.5. The van der Waals surface area contributed by atoms with Crippen LogP contribution in [0.4, 0.5) is 0 Å². The molecule has 2 N–H and O–H groups in total. The number of allylic oxidation sites excluding steroid dienone is 10. The maximum Gasteiger partial charge on any atom is 0.472 e.